The average molecular weight is 283 g/mol. The van der Waals surface area contributed by atoms with Gasteiger partial charge in [-0.1, -0.05) is 11.6 Å². The highest BCUT2D eigenvalue weighted by molar-refractivity contribution is 6.33. The Balaban J connectivity index is 2.73. The summed E-state index contributed by atoms with van der Waals surface area (Å²) < 4.78 is 0. The van der Waals surface area contributed by atoms with Gasteiger partial charge in [0.25, 0.3) is 5.69 Å². The zero-order valence-corrected chi connectivity index (χ0v) is 12.0. The summed E-state index contributed by atoms with van der Waals surface area (Å²) in [6.07, 6.45) is 0. The number of halogens is 1. The third kappa shape index (κ3) is 1.89. The van der Waals surface area contributed by atoms with Gasteiger partial charge in [0.2, 0.25) is 5.91 Å². The van der Waals surface area contributed by atoms with Crippen molar-refractivity contribution in [3.63, 3.8) is 0 Å². The predicted molar refractivity (Wildman–Crippen MR) is 73.8 cm³/mol. The topological polar surface area (TPSA) is 63.5 Å². The van der Waals surface area contributed by atoms with Crippen molar-refractivity contribution in [2.24, 2.45) is 0 Å². The third-order valence-electron chi connectivity index (χ3n) is 3.46. The van der Waals surface area contributed by atoms with Gasteiger partial charge in [-0.05, 0) is 39.3 Å². The first-order valence-electron chi connectivity index (χ1n) is 6.00. The molecule has 0 radical (unpaired) electrons. The van der Waals surface area contributed by atoms with Gasteiger partial charge in [-0.15, -0.1) is 0 Å². The summed E-state index contributed by atoms with van der Waals surface area (Å²) in [5, 5.41) is 11.0. The summed E-state index contributed by atoms with van der Waals surface area (Å²) in [4.78, 5) is 24.5. The maximum atomic E-state index is 12.4. The van der Waals surface area contributed by atoms with Crippen LogP contribution in [0.1, 0.15) is 33.3 Å². The Labute approximate surface area is 116 Å². The first-order chi connectivity index (χ1) is 8.67. The number of amides is 1. The molecule has 0 aliphatic carbocycles. The first kappa shape index (κ1) is 13.8. The molecule has 0 atom stereocenters. The smallest absolute Gasteiger partial charge is 0.288 e. The second kappa shape index (κ2) is 4.20. The zero-order valence-electron chi connectivity index (χ0n) is 11.2. The van der Waals surface area contributed by atoms with Crippen LogP contribution < -0.4 is 4.90 Å². The lowest BCUT2D eigenvalue weighted by atomic mass is 9.86. The maximum absolute atomic E-state index is 12.4. The van der Waals surface area contributed by atoms with Crippen molar-refractivity contribution in [2.75, 3.05) is 4.90 Å². The number of fused-ring (bicyclic) bond motifs is 1. The molecule has 102 valence electrons. The van der Waals surface area contributed by atoms with Crippen molar-refractivity contribution in [1.82, 2.24) is 0 Å². The van der Waals surface area contributed by atoms with Crippen molar-refractivity contribution in [3.8, 4) is 0 Å². The molecule has 1 amide bonds. The molecule has 6 heteroatoms. The van der Waals surface area contributed by atoms with E-state index in [0.29, 0.717) is 11.3 Å². The second-order valence-electron chi connectivity index (χ2n) is 5.47. The van der Waals surface area contributed by atoms with E-state index in [9.17, 15) is 14.9 Å². The molecule has 19 heavy (non-hydrogen) atoms. The van der Waals surface area contributed by atoms with Crippen molar-refractivity contribution in [2.45, 2.75) is 39.2 Å². The van der Waals surface area contributed by atoms with Gasteiger partial charge in [0, 0.05) is 12.1 Å². The van der Waals surface area contributed by atoms with E-state index in [1.54, 1.807) is 18.7 Å². The monoisotopic (exact) mass is 282 g/mol. The molecule has 2 rings (SSSR count). The normalized spacial score (nSPS) is 16.9. The molecular formula is C13H15ClN2O3. The second-order valence-corrected chi connectivity index (χ2v) is 5.88. The molecule has 0 saturated carbocycles. The van der Waals surface area contributed by atoms with E-state index in [0.717, 1.165) is 0 Å². The van der Waals surface area contributed by atoms with Gasteiger partial charge in [-0.3, -0.25) is 14.9 Å². The van der Waals surface area contributed by atoms with Crippen molar-refractivity contribution < 1.29 is 9.72 Å². The largest absolute Gasteiger partial charge is 0.309 e. The van der Waals surface area contributed by atoms with Crippen molar-refractivity contribution in [3.05, 3.63) is 32.8 Å². The van der Waals surface area contributed by atoms with Crippen LogP contribution in [0.4, 0.5) is 11.4 Å². The standard InChI is InChI=1S/C13H15ClN2O3/c1-7(2)15-10-6-9(14)11(16(18)19)5-8(10)13(3,4)12(15)17/h5-7H,1-4H3. The lowest BCUT2D eigenvalue weighted by Gasteiger charge is -2.24. The minimum atomic E-state index is -0.769. The molecule has 1 aliphatic heterocycles. The van der Waals surface area contributed by atoms with Crippen molar-refractivity contribution >= 4 is 28.9 Å². The third-order valence-corrected chi connectivity index (χ3v) is 3.77. The Kier molecular flexibility index (Phi) is 3.05. The Hall–Kier alpha value is -1.62. The summed E-state index contributed by atoms with van der Waals surface area (Å²) in [5.74, 6) is -0.0611. The number of benzene rings is 1. The molecule has 0 aromatic heterocycles. The van der Waals surface area contributed by atoms with Gasteiger partial charge < -0.3 is 4.90 Å². The first-order valence-corrected chi connectivity index (χ1v) is 6.37. The van der Waals surface area contributed by atoms with Crippen LogP contribution in [0.5, 0.6) is 0 Å². The van der Waals surface area contributed by atoms with Gasteiger partial charge in [0.1, 0.15) is 5.02 Å². The fraction of sp³-hybridized carbons (Fsp3) is 0.462. The predicted octanol–water partition coefficient (Wildman–Crippen LogP) is 3.28. The molecule has 0 unspecified atom stereocenters. The van der Waals surface area contributed by atoms with Crippen molar-refractivity contribution in [1.29, 1.82) is 0 Å². The molecule has 0 saturated heterocycles. The van der Waals surface area contributed by atoms with Crippen LogP contribution in [0.3, 0.4) is 0 Å². The van der Waals surface area contributed by atoms with E-state index in [1.165, 1.54) is 12.1 Å². The number of nitro benzene ring substituents is 1. The van der Waals surface area contributed by atoms with E-state index in [4.69, 9.17) is 11.6 Å². The lowest BCUT2D eigenvalue weighted by Crippen LogP contribution is -2.40. The Bertz CT molecular complexity index is 581. The number of rotatable bonds is 2. The molecule has 0 fully saturated rings. The molecular weight excluding hydrogens is 268 g/mol. The SMILES string of the molecule is CC(C)N1C(=O)C(C)(C)c2cc([N+](=O)[O-])c(Cl)cc21. The number of nitro groups is 1. The maximum Gasteiger partial charge on any atom is 0.288 e. The van der Waals surface area contributed by atoms with Gasteiger partial charge >= 0.3 is 0 Å². The van der Waals surface area contributed by atoms with Crippen LogP contribution in [-0.4, -0.2) is 16.9 Å². The minimum absolute atomic E-state index is 0.0226. The Morgan fingerprint density at radius 2 is 1.95 bits per heavy atom. The van der Waals surface area contributed by atoms with Crippen LogP contribution >= 0.6 is 11.6 Å². The van der Waals surface area contributed by atoms with Crippen LogP contribution in [0.25, 0.3) is 0 Å². The minimum Gasteiger partial charge on any atom is -0.309 e. The highest BCUT2D eigenvalue weighted by Crippen LogP contribution is 2.46. The summed E-state index contributed by atoms with van der Waals surface area (Å²) in [6, 6.07) is 2.91. The van der Waals surface area contributed by atoms with Crippen LogP contribution in [-0.2, 0) is 10.2 Å². The fourth-order valence-electron chi connectivity index (χ4n) is 2.43. The highest BCUT2D eigenvalue weighted by Gasteiger charge is 2.46. The molecule has 0 N–H and O–H groups in total. The summed E-state index contributed by atoms with van der Waals surface area (Å²) in [7, 11) is 0. The van der Waals surface area contributed by atoms with Crippen LogP contribution in [0.2, 0.25) is 5.02 Å². The van der Waals surface area contributed by atoms with E-state index >= 15 is 0 Å². The number of anilines is 1. The number of carbonyl (C=O) groups is 1. The van der Waals surface area contributed by atoms with Gasteiger partial charge in [-0.25, -0.2) is 0 Å². The quantitative estimate of drug-likeness (QED) is 0.618. The Morgan fingerprint density at radius 1 is 1.37 bits per heavy atom. The Morgan fingerprint density at radius 3 is 2.42 bits per heavy atom. The zero-order chi connectivity index (χ0) is 14.5. The fourth-order valence-corrected chi connectivity index (χ4v) is 2.66. The van der Waals surface area contributed by atoms with E-state index in [1.807, 2.05) is 13.8 Å². The lowest BCUT2D eigenvalue weighted by molar-refractivity contribution is -0.384. The van der Waals surface area contributed by atoms with E-state index < -0.39 is 10.3 Å². The highest BCUT2D eigenvalue weighted by atomic mass is 35.5. The summed E-state index contributed by atoms with van der Waals surface area (Å²) in [5.41, 5.74) is 0.393. The number of hydrogen-bond donors (Lipinski definition) is 0. The van der Waals surface area contributed by atoms with Gasteiger partial charge in [0.05, 0.1) is 16.0 Å². The van der Waals surface area contributed by atoms with Crippen LogP contribution in [0, 0.1) is 10.1 Å². The molecule has 0 bridgehead atoms. The molecule has 1 heterocycles. The molecule has 1 aliphatic rings. The molecule has 0 spiro atoms. The number of nitrogens with zero attached hydrogens (tertiary/aromatic N) is 2. The molecule has 5 nitrogen and oxygen atoms in total. The summed E-state index contributed by atoms with van der Waals surface area (Å²) in [6.45, 7) is 7.35. The van der Waals surface area contributed by atoms with Crippen LogP contribution in [0.15, 0.2) is 12.1 Å². The molecule has 1 aromatic rings. The van der Waals surface area contributed by atoms with Gasteiger partial charge in [-0.2, -0.15) is 0 Å². The number of hydrogen-bond acceptors (Lipinski definition) is 3. The average Bonchev–Trinajstić information content (AvgIpc) is 2.45. The van der Waals surface area contributed by atoms with E-state index in [2.05, 4.69) is 0 Å². The van der Waals surface area contributed by atoms with E-state index in [-0.39, 0.29) is 22.7 Å². The molecule has 1 aromatic carbocycles. The van der Waals surface area contributed by atoms with Gasteiger partial charge in [0.15, 0.2) is 0 Å². The number of carbonyl (C=O) groups excluding carboxylic acids is 1. The summed E-state index contributed by atoms with van der Waals surface area (Å²) >= 11 is 5.93.